The van der Waals surface area contributed by atoms with Gasteiger partial charge in [0.05, 0.1) is 6.54 Å². The highest BCUT2D eigenvalue weighted by Gasteiger charge is 2.36. The lowest BCUT2D eigenvalue weighted by molar-refractivity contribution is -0.137. The first-order valence-electron chi connectivity index (χ1n) is 6.80. The van der Waals surface area contributed by atoms with Crippen molar-refractivity contribution in [3.63, 3.8) is 0 Å². The highest BCUT2D eigenvalue weighted by atomic mass is 32.1. The van der Waals surface area contributed by atoms with Crippen molar-refractivity contribution in [1.82, 2.24) is 9.80 Å². The number of rotatable bonds is 6. The molecule has 5 nitrogen and oxygen atoms in total. The zero-order valence-corrected chi connectivity index (χ0v) is 12.6. The van der Waals surface area contributed by atoms with Gasteiger partial charge < -0.3 is 14.9 Å². The molecule has 0 unspecified atom stereocenters. The van der Waals surface area contributed by atoms with Gasteiger partial charge >= 0.3 is 12.0 Å². The fourth-order valence-corrected chi connectivity index (χ4v) is 2.79. The monoisotopic (exact) mass is 296 g/mol. The molecular formula is C14H20N2O3S. The van der Waals surface area contributed by atoms with Gasteiger partial charge in [0.15, 0.2) is 0 Å². The van der Waals surface area contributed by atoms with Crippen molar-refractivity contribution >= 4 is 23.3 Å². The third kappa shape index (κ3) is 3.72. The highest BCUT2D eigenvalue weighted by Crippen LogP contribution is 2.28. The number of hydrogen-bond acceptors (Lipinski definition) is 3. The van der Waals surface area contributed by atoms with Crippen LogP contribution in [0.1, 0.15) is 31.6 Å². The summed E-state index contributed by atoms with van der Waals surface area (Å²) >= 11 is 1.61. The minimum Gasteiger partial charge on any atom is -0.480 e. The molecule has 1 heterocycles. The first kappa shape index (κ1) is 14.8. The Balaban J connectivity index is 2.10. The number of carboxylic acids is 1. The van der Waals surface area contributed by atoms with Gasteiger partial charge in [0.25, 0.3) is 0 Å². The van der Waals surface area contributed by atoms with Crippen molar-refractivity contribution in [3.8, 4) is 0 Å². The maximum Gasteiger partial charge on any atom is 0.323 e. The van der Waals surface area contributed by atoms with E-state index in [-0.39, 0.29) is 24.7 Å². The van der Waals surface area contributed by atoms with Gasteiger partial charge in [-0.1, -0.05) is 6.07 Å². The number of carbonyl (C=O) groups is 2. The van der Waals surface area contributed by atoms with Crippen LogP contribution in [0, 0.1) is 0 Å². The van der Waals surface area contributed by atoms with Crippen molar-refractivity contribution in [2.45, 2.75) is 45.3 Å². The maximum atomic E-state index is 12.6. The third-order valence-corrected chi connectivity index (χ3v) is 4.18. The Morgan fingerprint density at radius 1 is 1.45 bits per heavy atom. The van der Waals surface area contributed by atoms with Gasteiger partial charge in [0.1, 0.15) is 6.54 Å². The third-order valence-electron chi connectivity index (χ3n) is 3.31. The molecule has 2 amide bonds. The predicted molar refractivity (Wildman–Crippen MR) is 77.8 cm³/mol. The molecule has 0 aromatic carbocycles. The van der Waals surface area contributed by atoms with E-state index in [1.807, 2.05) is 31.4 Å². The number of thiophene rings is 1. The SMILES string of the molecule is CC(C)N(Cc1cccs1)C(=O)N(CC(=O)O)C1CC1. The average molecular weight is 296 g/mol. The molecule has 0 atom stereocenters. The molecule has 1 N–H and O–H groups in total. The first-order valence-corrected chi connectivity index (χ1v) is 7.68. The van der Waals surface area contributed by atoms with Crippen LogP contribution < -0.4 is 0 Å². The van der Waals surface area contributed by atoms with E-state index in [2.05, 4.69) is 0 Å². The van der Waals surface area contributed by atoms with Crippen LogP contribution in [0.2, 0.25) is 0 Å². The molecule has 2 rings (SSSR count). The van der Waals surface area contributed by atoms with Gasteiger partial charge in [-0.2, -0.15) is 0 Å². The van der Waals surface area contributed by atoms with Crippen molar-refractivity contribution in [2.75, 3.05) is 6.54 Å². The van der Waals surface area contributed by atoms with Gasteiger partial charge in [-0.15, -0.1) is 11.3 Å². The van der Waals surface area contributed by atoms with Crippen LogP contribution in [0.3, 0.4) is 0 Å². The smallest absolute Gasteiger partial charge is 0.323 e. The number of carbonyl (C=O) groups excluding carboxylic acids is 1. The van der Waals surface area contributed by atoms with E-state index in [9.17, 15) is 9.59 Å². The Kier molecular flexibility index (Phi) is 4.65. The lowest BCUT2D eigenvalue weighted by Gasteiger charge is -2.32. The molecule has 1 aromatic heterocycles. The van der Waals surface area contributed by atoms with E-state index >= 15 is 0 Å². The summed E-state index contributed by atoms with van der Waals surface area (Å²) in [5.41, 5.74) is 0. The largest absolute Gasteiger partial charge is 0.480 e. The zero-order chi connectivity index (χ0) is 14.7. The zero-order valence-electron chi connectivity index (χ0n) is 11.8. The van der Waals surface area contributed by atoms with Crippen LogP contribution in [0.25, 0.3) is 0 Å². The van der Waals surface area contributed by atoms with E-state index in [4.69, 9.17) is 5.11 Å². The number of carboxylic acid groups (broad SMARTS) is 1. The van der Waals surface area contributed by atoms with E-state index in [1.54, 1.807) is 16.2 Å². The molecule has 6 heteroatoms. The van der Waals surface area contributed by atoms with Crippen molar-refractivity contribution < 1.29 is 14.7 Å². The molecule has 0 saturated heterocycles. The molecule has 0 bridgehead atoms. The molecule has 0 aliphatic heterocycles. The van der Waals surface area contributed by atoms with Crippen molar-refractivity contribution in [3.05, 3.63) is 22.4 Å². The minimum absolute atomic E-state index is 0.0413. The molecule has 110 valence electrons. The second-order valence-corrected chi connectivity index (χ2v) is 6.37. The van der Waals surface area contributed by atoms with Gasteiger partial charge in [0.2, 0.25) is 0 Å². The summed E-state index contributed by atoms with van der Waals surface area (Å²) in [6.45, 7) is 4.24. The van der Waals surface area contributed by atoms with Crippen molar-refractivity contribution in [2.24, 2.45) is 0 Å². The second kappa shape index (κ2) is 6.26. The highest BCUT2D eigenvalue weighted by molar-refractivity contribution is 7.09. The Labute approximate surface area is 122 Å². The summed E-state index contributed by atoms with van der Waals surface area (Å²) in [6.07, 6.45) is 1.81. The van der Waals surface area contributed by atoms with E-state index in [1.165, 1.54) is 4.90 Å². The minimum atomic E-state index is -0.954. The quantitative estimate of drug-likeness (QED) is 0.878. The fraction of sp³-hybridized carbons (Fsp3) is 0.571. The van der Waals surface area contributed by atoms with Crippen LogP contribution in [0.5, 0.6) is 0 Å². The summed E-state index contributed by atoms with van der Waals surface area (Å²) in [7, 11) is 0. The molecule has 0 radical (unpaired) electrons. The molecule has 1 saturated carbocycles. The molecule has 1 aliphatic rings. The van der Waals surface area contributed by atoms with Crippen LogP contribution >= 0.6 is 11.3 Å². The summed E-state index contributed by atoms with van der Waals surface area (Å²) in [5, 5.41) is 11.0. The molecule has 1 fully saturated rings. The van der Waals surface area contributed by atoms with Crippen LogP contribution in [-0.4, -0.2) is 45.5 Å². The van der Waals surface area contributed by atoms with Crippen molar-refractivity contribution in [1.29, 1.82) is 0 Å². The Bertz CT molecular complexity index is 469. The molecule has 1 aliphatic carbocycles. The van der Waals surface area contributed by atoms with Gasteiger partial charge in [0, 0.05) is 17.0 Å². The van der Waals surface area contributed by atoms with Gasteiger partial charge in [-0.25, -0.2) is 4.79 Å². The summed E-state index contributed by atoms with van der Waals surface area (Å²) < 4.78 is 0. The topological polar surface area (TPSA) is 60.9 Å². The number of urea groups is 1. The maximum absolute atomic E-state index is 12.6. The average Bonchev–Trinajstić information content (AvgIpc) is 3.08. The summed E-state index contributed by atoms with van der Waals surface area (Å²) in [5.74, 6) is -0.954. The number of aliphatic carboxylic acids is 1. The molecule has 1 aromatic rings. The van der Waals surface area contributed by atoms with Crippen LogP contribution in [-0.2, 0) is 11.3 Å². The van der Waals surface area contributed by atoms with Crippen LogP contribution in [0.4, 0.5) is 4.79 Å². The second-order valence-electron chi connectivity index (χ2n) is 5.34. The number of amides is 2. The fourth-order valence-electron chi connectivity index (χ4n) is 2.09. The van der Waals surface area contributed by atoms with Gasteiger partial charge in [-0.05, 0) is 38.1 Å². The van der Waals surface area contributed by atoms with E-state index in [0.717, 1.165) is 17.7 Å². The molecule has 20 heavy (non-hydrogen) atoms. The first-order chi connectivity index (χ1) is 9.49. The van der Waals surface area contributed by atoms with Crippen LogP contribution in [0.15, 0.2) is 17.5 Å². The summed E-state index contributed by atoms with van der Waals surface area (Å²) in [4.78, 5) is 27.9. The Morgan fingerprint density at radius 2 is 2.15 bits per heavy atom. The lowest BCUT2D eigenvalue weighted by Crippen LogP contribution is -2.48. The predicted octanol–water partition coefficient (Wildman–Crippen LogP) is 2.63. The van der Waals surface area contributed by atoms with E-state index in [0.29, 0.717) is 6.54 Å². The Hall–Kier alpha value is -1.56. The normalized spacial score (nSPS) is 14.3. The standard InChI is InChI=1S/C14H20N2O3S/c1-10(2)15(8-12-4-3-7-20-12)14(19)16(9-13(17)18)11-5-6-11/h3-4,7,10-11H,5-6,8-9H2,1-2H3,(H,17,18). The lowest BCUT2D eigenvalue weighted by atomic mass is 10.3. The number of hydrogen-bond donors (Lipinski definition) is 1. The van der Waals surface area contributed by atoms with Gasteiger partial charge in [-0.3, -0.25) is 4.79 Å². The van der Waals surface area contributed by atoms with E-state index < -0.39 is 5.97 Å². The molecule has 0 spiro atoms. The number of nitrogens with zero attached hydrogens (tertiary/aromatic N) is 2. The molecular weight excluding hydrogens is 276 g/mol. The Morgan fingerprint density at radius 3 is 2.60 bits per heavy atom. The summed E-state index contributed by atoms with van der Waals surface area (Å²) in [6, 6.07) is 3.92.